The zero-order valence-corrected chi connectivity index (χ0v) is 13.4. The molecule has 110 valence electrons. The molecule has 20 heavy (non-hydrogen) atoms. The molecule has 1 N–H and O–H groups in total. The minimum atomic E-state index is 0.501. The Balaban J connectivity index is 1.95. The van der Waals surface area contributed by atoms with Gasteiger partial charge >= 0.3 is 0 Å². The van der Waals surface area contributed by atoms with Gasteiger partial charge in [-0.05, 0) is 39.2 Å². The number of imidazole rings is 1. The lowest BCUT2D eigenvalue weighted by Crippen LogP contribution is -2.34. The van der Waals surface area contributed by atoms with Gasteiger partial charge in [0.25, 0.3) is 0 Å². The van der Waals surface area contributed by atoms with E-state index in [1.807, 2.05) is 0 Å². The quantitative estimate of drug-likeness (QED) is 0.851. The van der Waals surface area contributed by atoms with Gasteiger partial charge in [0, 0.05) is 30.7 Å². The molecule has 0 aromatic carbocycles. The second-order valence-electron chi connectivity index (χ2n) is 5.91. The maximum absolute atomic E-state index is 4.90. The molecular formula is C15H24N4S. The zero-order valence-electron chi connectivity index (χ0n) is 12.6. The van der Waals surface area contributed by atoms with E-state index in [1.54, 1.807) is 11.3 Å². The van der Waals surface area contributed by atoms with Crippen molar-refractivity contribution in [3.8, 4) is 0 Å². The lowest BCUT2D eigenvalue weighted by Gasteiger charge is -2.28. The van der Waals surface area contributed by atoms with E-state index in [1.165, 1.54) is 24.4 Å². The summed E-state index contributed by atoms with van der Waals surface area (Å²) >= 11 is 1.72. The summed E-state index contributed by atoms with van der Waals surface area (Å²) in [5.74, 6) is 2.06. The number of fused-ring (bicyclic) bond motifs is 1. The van der Waals surface area contributed by atoms with Crippen LogP contribution in [0.2, 0.25) is 0 Å². The maximum Gasteiger partial charge on any atom is 0.195 e. The molecule has 0 unspecified atom stereocenters. The van der Waals surface area contributed by atoms with Crippen molar-refractivity contribution in [2.24, 2.45) is 5.92 Å². The Kier molecular flexibility index (Phi) is 3.98. The second kappa shape index (κ2) is 5.74. The van der Waals surface area contributed by atoms with Crippen molar-refractivity contribution in [1.29, 1.82) is 0 Å². The first-order valence-electron chi connectivity index (χ1n) is 7.62. The number of hydrogen-bond donors (Lipinski definition) is 1. The van der Waals surface area contributed by atoms with Gasteiger partial charge in [0.05, 0.1) is 5.69 Å². The van der Waals surface area contributed by atoms with Gasteiger partial charge in [-0.25, -0.2) is 4.98 Å². The molecule has 0 aliphatic heterocycles. The lowest BCUT2D eigenvalue weighted by molar-refractivity contribution is 0.627. The van der Waals surface area contributed by atoms with Gasteiger partial charge in [0.15, 0.2) is 10.8 Å². The topological polar surface area (TPSA) is 32.6 Å². The predicted molar refractivity (Wildman–Crippen MR) is 85.7 cm³/mol. The van der Waals surface area contributed by atoms with Crippen molar-refractivity contribution in [3.05, 3.63) is 17.3 Å². The summed E-state index contributed by atoms with van der Waals surface area (Å²) in [7, 11) is 0. The van der Waals surface area contributed by atoms with Crippen LogP contribution in [0.4, 0.5) is 5.82 Å². The molecule has 3 rings (SSSR count). The summed E-state index contributed by atoms with van der Waals surface area (Å²) in [4.78, 5) is 8.49. The Labute approximate surface area is 124 Å². The Morgan fingerprint density at radius 1 is 1.50 bits per heavy atom. The van der Waals surface area contributed by atoms with E-state index in [0.29, 0.717) is 6.04 Å². The highest BCUT2D eigenvalue weighted by atomic mass is 32.1. The molecule has 0 radical (unpaired) electrons. The summed E-state index contributed by atoms with van der Waals surface area (Å²) in [5.41, 5.74) is 1.30. The van der Waals surface area contributed by atoms with Gasteiger partial charge in [0.1, 0.15) is 0 Å². The minimum absolute atomic E-state index is 0.501. The first-order valence-corrected chi connectivity index (χ1v) is 8.50. The van der Waals surface area contributed by atoms with Crippen molar-refractivity contribution < 1.29 is 0 Å². The Hall–Kier alpha value is -1.07. The van der Waals surface area contributed by atoms with Gasteiger partial charge in [0.2, 0.25) is 0 Å². The third-order valence-electron chi connectivity index (χ3n) is 3.93. The molecule has 1 saturated carbocycles. The number of nitrogens with one attached hydrogen (secondary N) is 1. The van der Waals surface area contributed by atoms with Crippen LogP contribution < -0.4 is 10.2 Å². The third-order valence-corrected chi connectivity index (χ3v) is 4.69. The SMILES string of the molecule is CCNCc1c(N(CC2CC2)C(C)C)nc2sccn12. The molecule has 0 amide bonds. The second-order valence-corrected chi connectivity index (χ2v) is 6.78. The number of hydrogen-bond acceptors (Lipinski definition) is 4. The standard InChI is InChI=1S/C15H24N4S/c1-4-16-9-13-14(17-15-18(13)7-8-20-15)19(11(2)3)10-12-5-6-12/h7-8,11-12,16H,4-6,9-10H2,1-3H3. The first kappa shape index (κ1) is 13.9. The predicted octanol–water partition coefficient (Wildman–Crippen LogP) is 3.13. The number of anilines is 1. The van der Waals surface area contributed by atoms with Crippen LogP contribution in [-0.2, 0) is 6.54 Å². The van der Waals surface area contributed by atoms with Crippen LogP contribution in [0.25, 0.3) is 4.96 Å². The molecular weight excluding hydrogens is 268 g/mol. The molecule has 0 saturated heterocycles. The first-order chi connectivity index (χ1) is 9.70. The van der Waals surface area contributed by atoms with E-state index < -0.39 is 0 Å². The Morgan fingerprint density at radius 2 is 2.30 bits per heavy atom. The van der Waals surface area contributed by atoms with Gasteiger partial charge in [-0.1, -0.05) is 6.92 Å². The summed E-state index contributed by atoms with van der Waals surface area (Å²) in [6.45, 7) is 9.72. The molecule has 0 spiro atoms. The van der Waals surface area contributed by atoms with E-state index in [9.17, 15) is 0 Å². The van der Waals surface area contributed by atoms with E-state index in [2.05, 4.69) is 47.0 Å². The van der Waals surface area contributed by atoms with Gasteiger partial charge < -0.3 is 10.2 Å². The number of rotatable bonds is 7. The molecule has 1 aliphatic carbocycles. The van der Waals surface area contributed by atoms with Crippen molar-refractivity contribution in [3.63, 3.8) is 0 Å². The molecule has 0 atom stereocenters. The van der Waals surface area contributed by atoms with Crippen LogP contribution in [-0.4, -0.2) is 28.5 Å². The van der Waals surface area contributed by atoms with E-state index in [4.69, 9.17) is 4.98 Å². The maximum atomic E-state index is 4.90. The number of thiazole rings is 1. The highest BCUT2D eigenvalue weighted by Crippen LogP contribution is 2.34. The molecule has 0 bridgehead atoms. The lowest BCUT2D eigenvalue weighted by atomic mass is 10.2. The largest absolute Gasteiger partial charge is 0.352 e. The third kappa shape index (κ3) is 2.69. The van der Waals surface area contributed by atoms with E-state index in [0.717, 1.165) is 30.5 Å². The minimum Gasteiger partial charge on any atom is -0.352 e. The number of aromatic nitrogens is 2. The molecule has 2 aromatic heterocycles. The van der Waals surface area contributed by atoms with Crippen LogP contribution >= 0.6 is 11.3 Å². The highest BCUT2D eigenvalue weighted by molar-refractivity contribution is 7.15. The smallest absolute Gasteiger partial charge is 0.195 e. The fraction of sp³-hybridized carbons (Fsp3) is 0.667. The monoisotopic (exact) mass is 292 g/mol. The summed E-state index contributed by atoms with van der Waals surface area (Å²) in [5, 5.41) is 5.57. The summed E-state index contributed by atoms with van der Waals surface area (Å²) in [6.07, 6.45) is 4.90. The zero-order chi connectivity index (χ0) is 14.1. The average molecular weight is 292 g/mol. The molecule has 1 aliphatic rings. The fourth-order valence-electron chi connectivity index (χ4n) is 2.58. The van der Waals surface area contributed by atoms with Crippen LogP contribution in [0.15, 0.2) is 11.6 Å². The molecule has 2 heterocycles. The van der Waals surface area contributed by atoms with Crippen molar-refractivity contribution in [2.75, 3.05) is 18.0 Å². The normalized spacial score (nSPS) is 15.4. The average Bonchev–Trinajstić information content (AvgIpc) is 3.01. The van der Waals surface area contributed by atoms with Gasteiger partial charge in [-0.2, -0.15) is 0 Å². The van der Waals surface area contributed by atoms with Crippen molar-refractivity contribution >= 4 is 22.1 Å². The summed E-state index contributed by atoms with van der Waals surface area (Å²) in [6, 6.07) is 0.501. The van der Waals surface area contributed by atoms with Crippen LogP contribution in [0, 0.1) is 5.92 Å². The Morgan fingerprint density at radius 3 is 2.95 bits per heavy atom. The van der Waals surface area contributed by atoms with Gasteiger partial charge in [-0.3, -0.25) is 4.40 Å². The molecule has 1 fully saturated rings. The highest BCUT2D eigenvalue weighted by Gasteiger charge is 2.28. The van der Waals surface area contributed by atoms with E-state index >= 15 is 0 Å². The fourth-order valence-corrected chi connectivity index (χ4v) is 3.31. The van der Waals surface area contributed by atoms with Crippen LogP contribution in [0.3, 0.4) is 0 Å². The Bertz CT molecular complexity index is 567. The molecule has 4 nitrogen and oxygen atoms in total. The number of nitrogens with zero attached hydrogens (tertiary/aromatic N) is 3. The molecule has 2 aromatic rings. The van der Waals surface area contributed by atoms with E-state index in [-0.39, 0.29) is 0 Å². The van der Waals surface area contributed by atoms with Crippen molar-refractivity contribution in [2.45, 2.75) is 46.2 Å². The van der Waals surface area contributed by atoms with Crippen LogP contribution in [0.5, 0.6) is 0 Å². The summed E-state index contributed by atoms with van der Waals surface area (Å²) < 4.78 is 2.24. The van der Waals surface area contributed by atoms with Crippen molar-refractivity contribution in [1.82, 2.24) is 14.7 Å². The molecule has 5 heteroatoms. The van der Waals surface area contributed by atoms with Crippen LogP contribution in [0.1, 0.15) is 39.3 Å². The van der Waals surface area contributed by atoms with Gasteiger partial charge in [-0.15, -0.1) is 11.3 Å².